The number of nitrogens with one attached hydrogen (secondary N) is 1. The van der Waals surface area contributed by atoms with Crippen LogP contribution in [0.4, 0.5) is 0 Å². The summed E-state index contributed by atoms with van der Waals surface area (Å²) in [4.78, 5) is 11.5. The van der Waals surface area contributed by atoms with Gasteiger partial charge in [-0.3, -0.25) is 4.79 Å². The van der Waals surface area contributed by atoms with E-state index in [1.165, 1.54) is 0 Å². The highest BCUT2D eigenvalue weighted by Gasteiger charge is 2.06. The Kier molecular flexibility index (Phi) is 2.19. The average molecular weight is 185 g/mol. The molecule has 0 aliphatic rings. The van der Waals surface area contributed by atoms with E-state index in [2.05, 4.69) is 5.32 Å². The molecule has 0 aliphatic heterocycles. The van der Waals surface area contributed by atoms with Gasteiger partial charge in [-0.2, -0.15) is 0 Å². The van der Waals surface area contributed by atoms with Gasteiger partial charge < -0.3 is 5.32 Å². The second-order valence-corrected chi connectivity index (χ2v) is 3.11. The fraction of sp³-hybridized carbons (Fsp3) is 0.0833. The molecule has 0 aromatic heterocycles. The van der Waals surface area contributed by atoms with Crippen LogP contribution in [0, 0.1) is 0 Å². The Bertz CT molecular complexity index is 471. The zero-order valence-corrected chi connectivity index (χ0v) is 7.95. The molecule has 0 bridgehead atoms. The Morgan fingerprint density at radius 3 is 2.57 bits per heavy atom. The summed E-state index contributed by atoms with van der Waals surface area (Å²) in [7, 11) is 1.64. The smallest absolute Gasteiger partial charge is 0.251 e. The lowest BCUT2D eigenvalue weighted by atomic mass is 10.0. The summed E-state index contributed by atoms with van der Waals surface area (Å²) in [6.07, 6.45) is 0. The van der Waals surface area contributed by atoms with Gasteiger partial charge in [0.05, 0.1) is 0 Å². The third-order valence-corrected chi connectivity index (χ3v) is 2.26. The molecule has 1 N–H and O–H groups in total. The SMILES string of the molecule is CNC(=O)c1cccc2ccccc12. The molecule has 0 unspecified atom stereocenters. The van der Waals surface area contributed by atoms with Crippen LogP contribution in [0.15, 0.2) is 42.5 Å². The van der Waals surface area contributed by atoms with Gasteiger partial charge in [0.1, 0.15) is 0 Å². The molecule has 0 fully saturated rings. The van der Waals surface area contributed by atoms with Crippen molar-refractivity contribution in [1.82, 2.24) is 5.32 Å². The average Bonchev–Trinajstić information content (AvgIpc) is 2.27. The maximum Gasteiger partial charge on any atom is 0.251 e. The number of amides is 1. The quantitative estimate of drug-likeness (QED) is 0.725. The van der Waals surface area contributed by atoms with Crippen molar-refractivity contribution in [2.75, 3.05) is 7.05 Å². The molecule has 0 radical (unpaired) electrons. The third kappa shape index (κ3) is 1.35. The molecule has 0 heterocycles. The number of hydrogen-bond acceptors (Lipinski definition) is 1. The Morgan fingerprint density at radius 2 is 1.79 bits per heavy atom. The van der Waals surface area contributed by atoms with Crippen LogP contribution in [0.3, 0.4) is 0 Å². The maximum absolute atomic E-state index is 11.5. The normalized spacial score (nSPS) is 10.1. The summed E-state index contributed by atoms with van der Waals surface area (Å²) in [6.45, 7) is 0. The summed E-state index contributed by atoms with van der Waals surface area (Å²) < 4.78 is 0. The second kappa shape index (κ2) is 3.50. The van der Waals surface area contributed by atoms with Crippen LogP contribution in [0.1, 0.15) is 10.4 Å². The fourth-order valence-corrected chi connectivity index (χ4v) is 1.56. The molecule has 2 rings (SSSR count). The van der Waals surface area contributed by atoms with Crippen LogP contribution in [0.2, 0.25) is 0 Å². The number of benzene rings is 2. The van der Waals surface area contributed by atoms with E-state index in [1.54, 1.807) is 7.05 Å². The summed E-state index contributed by atoms with van der Waals surface area (Å²) in [6, 6.07) is 13.6. The molecule has 1 amide bonds. The minimum Gasteiger partial charge on any atom is -0.355 e. The van der Waals surface area contributed by atoms with Gasteiger partial charge >= 0.3 is 0 Å². The number of fused-ring (bicyclic) bond motifs is 1. The third-order valence-electron chi connectivity index (χ3n) is 2.26. The van der Waals surface area contributed by atoms with Gasteiger partial charge in [-0.25, -0.2) is 0 Å². The number of carbonyl (C=O) groups excluding carboxylic acids is 1. The van der Waals surface area contributed by atoms with Gasteiger partial charge in [-0.1, -0.05) is 36.4 Å². The number of carbonyl (C=O) groups is 1. The van der Waals surface area contributed by atoms with Gasteiger partial charge in [0.2, 0.25) is 0 Å². The molecule has 0 saturated heterocycles. The standard InChI is InChI=1S/C12H11NO/c1-13-12(14)11-8-4-6-9-5-2-3-7-10(9)11/h2-8H,1H3,(H,13,14). The summed E-state index contributed by atoms with van der Waals surface area (Å²) >= 11 is 0. The first kappa shape index (κ1) is 8.75. The van der Waals surface area contributed by atoms with Gasteiger partial charge in [-0.05, 0) is 16.8 Å². The van der Waals surface area contributed by atoms with Gasteiger partial charge in [0.25, 0.3) is 5.91 Å². The highest BCUT2D eigenvalue weighted by Crippen LogP contribution is 2.17. The largest absolute Gasteiger partial charge is 0.355 e. The van der Waals surface area contributed by atoms with E-state index >= 15 is 0 Å². The Balaban J connectivity index is 2.71. The van der Waals surface area contributed by atoms with Crippen molar-refractivity contribution >= 4 is 16.7 Å². The first-order valence-corrected chi connectivity index (χ1v) is 4.53. The zero-order chi connectivity index (χ0) is 9.97. The first-order valence-electron chi connectivity index (χ1n) is 4.53. The summed E-state index contributed by atoms with van der Waals surface area (Å²) in [5, 5.41) is 4.72. The van der Waals surface area contributed by atoms with E-state index in [0.29, 0.717) is 0 Å². The molecule has 2 heteroatoms. The van der Waals surface area contributed by atoms with E-state index in [4.69, 9.17) is 0 Å². The minimum atomic E-state index is -0.0400. The predicted molar refractivity (Wildman–Crippen MR) is 57.3 cm³/mol. The summed E-state index contributed by atoms with van der Waals surface area (Å²) in [5.74, 6) is -0.0400. The molecular weight excluding hydrogens is 174 g/mol. The lowest BCUT2D eigenvalue weighted by Crippen LogP contribution is -2.17. The van der Waals surface area contributed by atoms with Crippen molar-refractivity contribution in [3.63, 3.8) is 0 Å². The van der Waals surface area contributed by atoms with E-state index in [-0.39, 0.29) is 5.91 Å². The van der Waals surface area contributed by atoms with Crippen LogP contribution >= 0.6 is 0 Å². The van der Waals surface area contributed by atoms with Crippen molar-refractivity contribution < 1.29 is 4.79 Å². The Hall–Kier alpha value is -1.83. The molecule has 2 aromatic carbocycles. The lowest BCUT2D eigenvalue weighted by molar-refractivity contribution is 0.0965. The predicted octanol–water partition coefficient (Wildman–Crippen LogP) is 2.20. The molecule has 14 heavy (non-hydrogen) atoms. The van der Waals surface area contributed by atoms with E-state index < -0.39 is 0 Å². The molecule has 2 nitrogen and oxygen atoms in total. The Morgan fingerprint density at radius 1 is 1.07 bits per heavy atom. The second-order valence-electron chi connectivity index (χ2n) is 3.11. The monoisotopic (exact) mass is 185 g/mol. The zero-order valence-electron chi connectivity index (χ0n) is 7.95. The molecule has 2 aromatic rings. The van der Waals surface area contributed by atoms with E-state index in [0.717, 1.165) is 16.3 Å². The first-order chi connectivity index (χ1) is 6.83. The van der Waals surface area contributed by atoms with Crippen molar-refractivity contribution in [3.8, 4) is 0 Å². The lowest BCUT2D eigenvalue weighted by Gasteiger charge is -2.04. The van der Waals surface area contributed by atoms with Crippen LogP contribution in [0.5, 0.6) is 0 Å². The van der Waals surface area contributed by atoms with Crippen LogP contribution in [-0.4, -0.2) is 13.0 Å². The van der Waals surface area contributed by atoms with E-state index in [9.17, 15) is 4.79 Å². The topological polar surface area (TPSA) is 29.1 Å². The highest BCUT2D eigenvalue weighted by molar-refractivity contribution is 6.06. The highest BCUT2D eigenvalue weighted by atomic mass is 16.1. The molecule has 70 valence electrons. The van der Waals surface area contributed by atoms with Crippen molar-refractivity contribution in [2.24, 2.45) is 0 Å². The molecular formula is C12H11NO. The molecule has 0 spiro atoms. The van der Waals surface area contributed by atoms with Crippen molar-refractivity contribution in [2.45, 2.75) is 0 Å². The van der Waals surface area contributed by atoms with Crippen LogP contribution in [-0.2, 0) is 0 Å². The molecule has 0 aliphatic carbocycles. The van der Waals surface area contributed by atoms with Gasteiger partial charge in [0.15, 0.2) is 0 Å². The van der Waals surface area contributed by atoms with E-state index in [1.807, 2.05) is 42.5 Å². The van der Waals surface area contributed by atoms with Gasteiger partial charge in [-0.15, -0.1) is 0 Å². The van der Waals surface area contributed by atoms with Gasteiger partial charge in [0, 0.05) is 12.6 Å². The fourth-order valence-electron chi connectivity index (χ4n) is 1.56. The maximum atomic E-state index is 11.5. The number of hydrogen-bond donors (Lipinski definition) is 1. The number of rotatable bonds is 1. The van der Waals surface area contributed by atoms with Crippen LogP contribution in [0.25, 0.3) is 10.8 Å². The van der Waals surface area contributed by atoms with Crippen LogP contribution < -0.4 is 5.32 Å². The molecule has 0 atom stereocenters. The van der Waals surface area contributed by atoms with Crippen molar-refractivity contribution in [1.29, 1.82) is 0 Å². The summed E-state index contributed by atoms with van der Waals surface area (Å²) in [5.41, 5.74) is 0.727. The minimum absolute atomic E-state index is 0.0400. The molecule has 0 saturated carbocycles. The van der Waals surface area contributed by atoms with Crippen molar-refractivity contribution in [3.05, 3.63) is 48.0 Å². The Labute approximate surface area is 82.6 Å².